The van der Waals surface area contributed by atoms with Gasteiger partial charge in [0.25, 0.3) is 0 Å². The quantitative estimate of drug-likeness (QED) is 0.353. The van der Waals surface area contributed by atoms with Crippen molar-refractivity contribution in [3.8, 4) is 0 Å². The topological polar surface area (TPSA) is 65.2 Å². The van der Waals surface area contributed by atoms with Gasteiger partial charge in [0.1, 0.15) is 0 Å². The molecule has 74 valence electrons. The molecule has 0 saturated heterocycles. The van der Waals surface area contributed by atoms with Crippen molar-refractivity contribution in [2.45, 2.75) is 25.3 Å². The summed E-state index contributed by atoms with van der Waals surface area (Å²) in [6.45, 7) is 2.08. The summed E-state index contributed by atoms with van der Waals surface area (Å²) in [4.78, 5) is 10.7. The first-order valence-corrected chi connectivity index (χ1v) is 4.52. The largest absolute Gasteiger partial charge is 0.356 e. The number of carbonyl (C=O) groups excluding carboxylic acids is 1. The summed E-state index contributed by atoms with van der Waals surface area (Å²) in [5.74, 6) is 0. The molecule has 1 fully saturated rings. The smallest absolute Gasteiger partial charge is 0.333 e. The zero-order valence-corrected chi connectivity index (χ0v) is 8.55. The summed E-state index contributed by atoms with van der Waals surface area (Å²) in [5.41, 5.74) is 5.10. The van der Waals surface area contributed by atoms with Crippen molar-refractivity contribution >= 4 is 23.4 Å². The lowest BCUT2D eigenvalue weighted by Crippen LogP contribution is -2.51. The van der Waals surface area contributed by atoms with Crippen molar-refractivity contribution in [3.05, 3.63) is 0 Å². The van der Waals surface area contributed by atoms with E-state index in [2.05, 4.69) is 28.4 Å². The number of urea groups is 1. The number of hydrazine groups is 1. The molecular weight excluding hydrogens is 188 g/mol. The molecule has 5 nitrogen and oxygen atoms in total. The van der Waals surface area contributed by atoms with Crippen molar-refractivity contribution in [3.63, 3.8) is 0 Å². The van der Waals surface area contributed by atoms with Gasteiger partial charge in [-0.1, -0.05) is 0 Å². The van der Waals surface area contributed by atoms with Gasteiger partial charge < -0.3 is 10.6 Å². The van der Waals surface area contributed by atoms with Crippen molar-refractivity contribution in [1.82, 2.24) is 21.5 Å². The second-order valence-corrected chi connectivity index (χ2v) is 3.75. The number of hydrogen-bond donors (Lipinski definition) is 4. The Labute approximate surface area is 82.6 Å². The third kappa shape index (κ3) is 3.45. The van der Waals surface area contributed by atoms with Crippen LogP contribution in [0.1, 0.15) is 19.8 Å². The van der Waals surface area contributed by atoms with E-state index in [0.717, 1.165) is 12.8 Å². The van der Waals surface area contributed by atoms with E-state index in [4.69, 9.17) is 12.2 Å². The summed E-state index contributed by atoms with van der Waals surface area (Å²) in [6.07, 6.45) is 2.24. The zero-order valence-electron chi connectivity index (χ0n) is 7.73. The van der Waals surface area contributed by atoms with E-state index in [1.54, 1.807) is 0 Å². The molecule has 0 aliphatic heterocycles. The molecule has 0 aromatic rings. The van der Waals surface area contributed by atoms with E-state index in [-0.39, 0.29) is 11.6 Å². The molecule has 1 aliphatic rings. The minimum absolute atomic E-state index is 0.133. The first-order valence-electron chi connectivity index (χ1n) is 4.12. The highest BCUT2D eigenvalue weighted by atomic mass is 32.1. The maximum Gasteiger partial charge on any atom is 0.333 e. The summed E-state index contributed by atoms with van der Waals surface area (Å²) in [5, 5.41) is 5.93. The van der Waals surface area contributed by atoms with Gasteiger partial charge in [-0.15, -0.1) is 0 Å². The van der Waals surface area contributed by atoms with E-state index in [1.807, 2.05) is 0 Å². The summed E-state index contributed by atoms with van der Waals surface area (Å²) >= 11 is 4.94. The van der Waals surface area contributed by atoms with Crippen LogP contribution < -0.4 is 21.5 Å². The van der Waals surface area contributed by atoms with Crippen molar-refractivity contribution < 1.29 is 4.79 Å². The fourth-order valence-electron chi connectivity index (χ4n) is 0.794. The molecule has 0 aromatic carbocycles. The lowest BCUT2D eigenvalue weighted by molar-refractivity contribution is 0.241. The van der Waals surface area contributed by atoms with Crippen LogP contribution >= 0.6 is 12.2 Å². The van der Waals surface area contributed by atoms with Crippen LogP contribution in [0.4, 0.5) is 4.79 Å². The number of rotatable bonds is 1. The molecule has 2 amide bonds. The van der Waals surface area contributed by atoms with E-state index in [0.29, 0.717) is 5.11 Å². The fourth-order valence-corrected chi connectivity index (χ4v) is 1.09. The maximum atomic E-state index is 10.7. The molecule has 1 aliphatic carbocycles. The van der Waals surface area contributed by atoms with Crippen LogP contribution in [-0.2, 0) is 0 Å². The molecule has 1 saturated carbocycles. The minimum atomic E-state index is -0.315. The molecule has 0 heterocycles. The fraction of sp³-hybridized carbons (Fsp3) is 0.714. The van der Waals surface area contributed by atoms with Crippen LogP contribution in [-0.4, -0.2) is 23.7 Å². The Kier molecular flexibility index (Phi) is 2.92. The molecule has 0 spiro atoms. The van der Waals surface area contributed by atoms with Crippen LogP contribution in [0.5, 0.6) is 0 Å². The first-order chi connectivity index (χ1) is 6.06. The minimum Gasteiger partial charge on any atom is -0.356 e. The molecule has 0 atom stereocenters. The second-order valence-electron chi connectivity index (χ2n) is 3.34. The Morgan fingerprint density at radius 1 is 1.38 bits per heavy atom. The highest BCUT2D eigenvalue weighted by molar-refractivity contribution is 7.80. The average molecular weight is 202 g/mol. The zero-order chi connectivity index (χ0) is 9.90. The number of carbonyl (C=O) groups is 1. The molecule has 0 aromatic heterocycles. The highest BCUT2D eigenvalue weighted by Gasteiger charge is 2.37. The third-order valence-electron chi connectivity index (χ3n) is 1.93. The van der Waals surface area contributed by atoms with E-state index in [1.165, 1.54) is 7.05 Å². The number of thiocarbonyl (C=S) groups is 1. The lowest BCUT2D eigenvalue weighted by atomic mass is 10.3. The maximum absolute atomic E-state index is 10.7. The van der Waals surface area contributed by atoms with Crippen molar-refractivity contribution in [2.24, 2.45) is 0 Å². The van der Waals surface area contributed by atoms with Crippen LogP contribution in [0.3, 0.4) is 0 Å². The summed E-state index contributed by atoms with van der Waals surface area (Å²) in [7, 11) is 1.54. The summed E-state index contributed by atoms with van der Waals surface area (Å²) in [6, 6.07) is -0.315. The van der Waals surface area contributed by atoms with Crippen LogP contribution in [0, 0.1) is 0 Å². The highest BCUT2D eigenvalue weighted by Crippen LogP contribution is 2.33. The van der Waals surface area contributed by atoms with Gasteiger partial charge in [0.15, 0.2) is 5.11 Å². The number of nitrogens with one attached hydrogen (secondary N) is 4. The van der Waals surface area contributed by atoms with Gasteiger partial charge in [-0.3, -0.25) is 5.43 Å². The van der Waals surface area contributed by atoms with Crippen LogP contribution in [0.2, 0.25) is 0 Å². The molecule has 0 unspecified atom stereocenters. The number of hydrogen-bond acceptors (Lipinski definition) is 2. The van der Waals surface area contributed by atoms with E-state index in [9.17, 15) is 4.79 Å². The third-order valence-corrected chi connectivity index (χ3v) is 2.14. The monoisotopic (exact) mass is 202 g/mol. The molecule has 4 N–H and O–H groups in total. The Morgan fingerprint density at radius 3 is 2.46 bits per heavy atom. The lowest BCUT2D eigenvalue weighted by Gasteiger charge is -2.15. The van der Waals surface area contributed by atoms with Gasteiger partial charge in [0, 0.05) is 12.6 Å². The standard InChI is InChI=1S/C7H14N4OS/c1-7(3-4-7)9-6(13)11-10-5(12)8-2/h3-4H2,1-2H3,(H2,8,10,12)(H2,9,11,13). The Hall–Kier alpha value is -1.04. The second kappa shape index (κ2) is 3.78. The van der Waals surface area contributed by atoms with Gasteiger partial charge in [-0.05, 0) is 32.0 Å². The average Bonchev–Trinajstić information content (AvgIpc) is 2.79. The van der Waals surface area contributed by atoms with Crippen LogP contribution in [0.15, 0.2) is 0 Å². The SMILES string of the molecule is CNC(=O)NNC(=S)NC1(C)CC1. The van der Waals surface area contributed by atoms with Crippen molar-refractivity contribution in [1.29, 1.82) is 0 Å². The molecule has 0 bridgehead atoms. The van der Waals surface area contributed by atoms with Crippen LogP contribution in [0.25, 0.3) is 0 Å². The summed E-state index contributed by atoms with van der Waals surface area (Å²) < 4.78 is 0. The van der Waals surface area contributed by atoms with Crippen molar-refractivity contribution in [2.75, 3.05) is 7.05 Å². The predicted octanol–water partition coefficient (Wildman–Crippen LogP) is -0.153. The Morgan fingerprint density at radius 2 is 2.00 bits per heavy atom. The molecular formula is C7H14N4OS. The molecule has 6 heteroatoms. The number of amides is 2. The molecule has 1 rings (SSSR count). The van der Waals surface area contributed by atoms with Gasteiger partial charge in [-0.25, -0.2) is 10.2 Å². The van der Waals surface area contributed by atoms with Gasteiger partial charge in [0.05, 0.1) is 0 Å². The molecule has 13 heavy (non-hydrogen) atoms. The normalized spacial score (nSPS) is 17.1. The van der Waals surface area contributed by atoms with E-state index < -0.39 is 0 Å². The van der Waals surface area contributed by atoms with Gasteiger partial charge in [0.2, 0.25) is 0 Å². The van der Waals surface area contributed by atoms with Gasteiger partial charge in [-0.2, -0.15) is 0 Å². The Balaban J connectivity index is 2.14. The van der Waals surface area contributed by atoms with E-state index >= 15 is 0 Å². The molecule has 0 radical (unpaired) electrons. The van der Waals surface area contributed by atoms with Gasteiger partial charge >= 0.3 is 6.03 Å². The predicted molar refractivity (Wildman–Crippen MR) is 54.1 cm³/mol. The Bertz CT molecular complexity index is 227. The first kappa shape index (κ1) is 10.0.